The zero-order valence-corrected chi connectivity index (χ0v) is 10.1. The zero-order valence-electron chi connectivity index (χ0n) is 10.1. The summed E-state index contributed by atoms with van der Waals surface area (Å²) >= 11 is 0. The molecule has 1 aliphatic heterocycles. The molecule has 1 atom stereocenters. The minimum absolute atomic E-state index is 0.0976. The van der Waals surface area contributed by atoms with Gasteiger partial charge in [0.05, 0.1) is 19.1 Å². The van der Waals surface area contributed by atoms with Crippen LogP contribution in [-0.4, -0.2) is 47.3 Å². The molecule has 1 aromatic carbocycles. The second-order valence-electron chi connectivity index (χ2n) is 4.40. The van der Waals surface area contributed by atoms with Crippen molar-refractivity contribution in [3.05, 3.63) is 29.8 Å². The van der Waals surface area contributed by atoms with Gasteiger partial charge in [0.25, 0.3) is 0 Å². The van der Waals surface area contributed by atoms with E-state index in [-0.39, 0.29) is 18.3 Å². The van der Waals surface area contributed by atoms with Crippen molar-refractivity contribution >= 4 is 5.97 Å². The van der Waals surface area contributed by atoms with Crippen LogP contribution in [-0.2, 0) is 9.53 Å². The van der Waals surface area contributed by atoms with E-state index >= 15 is 0 Å². The molecule has 0 saturated carbocycles. The minimum Gasteiger partial charge on any atom is -0.508 e. The van der Waals surface area contributed by atoms with Crippen LogP contribution in [0.1, 0.15) is 18.1 Å². The molecule has 1 heterocycles. The Morgan fingerprint density at radius 2 is 2.33 bits per heavy atom. The van der Waals surface area contributed by atoms with Gasteiger partial charge in [-0.2, -0.15) is 0 Å². The number of morpholine rings is 1. The Kier molecular flexibility index (Phi) is 4.17. The summed E-state index contributed by atoms with van der Waals surface area (Å²) in [7, 11) is 0. The number of carboxylic acids is 1. The maximum Gasteiger partial charge on any atom is 0.304 e. The summed E-state index contributed by atoms with van der Waals surface area (Å²) in [4.78, 5) is 12.6. The van der Waals surface area contributed by atoms with E-state index in [1.807, 2.05) is 6.07 Å². The fraction of sp³-hybridized carbons (Fsp3) is 0.462. The van der Waals surface area contributed by atoms with Crippen LogP contribution in [0.25, 0.3) is 0 Å². The van der Waals surface area contributed by atoms with Gasteiger partial charge in [-0.3, -0.25) is 9.69 Å². The molecule has 1 fully saturated rings. The van der Waals surface area contributed by atoms with Crippen LogP contribution in [0.2, 0.25) is 0 Å². The van der Waals surface area contributed by atoms with E-state index in [9.17, 15) is 9.90 Å². The highest BCUT2D eigenvalue weighted by Crippen LogP contribution is 2.24. The van der Waals surface area contributed by atoms with Gasteiger partial charge < -0.3 is 14.9 Å². The lowest BCUT2D eigenvalue weighted by Gasteiger charge is -2.32. The summed E-state index contributed by atoms with van der Waals surface area (Å²) in [5, 5.41) is 18.1. The van der Waals surface area contributed by atoms with Crippen molar-refractivity contribution < 1.29 is 19.7 Å². The lowest BCUT2D eigenvalue weighted by molar-refractivity contribution is -0.137. The Morgan fingerprint density at radius 3 is 3.06 bits per heavy atom. The summed E-state index contributed by atoms with van der Waals surface area (Å²) in [6, 6.07) is 7.00. The quantitative estimate of drug-likeness (QED) is 0.842. The highest BCUT2D eigenvalue weighted by atomic mass is 16.5. The van der Waals surface area contributed by atoms with Crippen molar-refractivity contribution in [1.82, 2.24) is 4.90 Å². The Bertz CT molecular complexity index is 421. The van der Waals surface area contributed by atoms with Crippen LogP contribution in [0.4, 0.5) is 0 Å². The van der Waals surface area contributed by atoms with Crippen LogP contribution in [0.5, 0.6) is 5.75 Å². The first-order valence-corrected chi connectivity index (χ1v) is 6.00. The minimum atomic E-state index is -0.782. The van der Waals surface area contributed by atoms with E-state index in [1.54, 1.807) is 18.2 Å². The molecule has 1 aliphatic rings. The molecule has 2 rings (SSSR count). The Hall–Kier alpha value is -1.59. The van der Waals surface area contributed by atoms with Crippen LogP contribution >= 0.6 is 0 Å². The lowest BCUT2D eigenvalue weighted by atomic mass is 10.1. The molecular formula is C13H17NO4. The van der Waals surface area contributed by atoms with Gasteiger partial charge in [-0.1, -0.05) is 12.1 Å². The normalized spacial score (nSPS) is 20.8. The number of benzene rings is 1. The molecule has 2 N–H and O–H groups in total. The van der Waals surface area contributed by atoms with Crippen LogP contribution < -0.4 is 0 Å². The number of ether oxygens (including phenoxy) is 1. The van der Waals surface area contributed by atoms with Gasteiger partial charge in [-0.05, 0) is 17.7 Å². The molecule has 1 saturated heterocycles. The monoisotopic (exact) mass is 251 g/mol. The first-order valence-electron chi connectivity index (χ1n) is 6.00. The second kappa shape index (κ2) is 5.84. The second-order valence-corrected chi connectivity index (χ2v) is 4.40. The van der Waals surface area contributed by atoms with Crippen LogP contribution in [0, 0.1) is 0 Å². The number of aromatic hydroxyl groups is 1. The Balaban J connectivity index is 1.96. The van der Waals surface area contributed by atoms with E-state index in [0.717, 1.165) is 12.1 Å². The van der Waals surface area contributed by atoms with E-state index in [4.69, 9.17) is 9.84 Å². The van der Waals surface area contributed by atoms with E-state index in [1.165, 1.54) is 0 Å². The number of phenolic OH excluding ortho intramolecular Hbond substituents is 1. The van der Waals surface area contributed by atoms with Crippen LogP contribution in [0.3, 0.4) is 0 Å². The van der Waals surface area contributed by atoms with Gasteiger partial charge in [0.15, 0.2) is 0 Å². The van der Waals surface area contributed by atoms with Gasteiger partial charge in [0.1, 0.15) is 5.75 Å². The van der Waals surface area contributed by atoms with Crippen LogP contribution in [0.15, 0.2) is 24.3 Å². The number of carbonyl (C=O) groups is 1. The first kappa shape index (κ1) is 12.9. The largest absolute Gasteiger partial charge is 0.508 e. The number of aliphatic carboxylic acids is 1. The number of carboxylic acid groups (broad SMARTS) is 1. The average Bonchev–Trinajstić information content (AvgIpc) is 2.37. The third-order valence-corrected chi connectivity index (χ3v) is 3.03. The fourth-order valence-electron chi connectivity index (χ4n) is 2.09. The summed E-state index contributed by atoms with van der Waals surface area (Å²) in [5.74, 6) is -0.561. The lowest BCUT2D eigenvalue weighted by Crippen LogP contribution is -2.39. The SMILES string of the molecule is O=C(O)CCN1CCOC(c2cccc(O)c2)C1. The molecule has 0 spiro atoms. The predicted molar refractivity (Wildman–Crippen MR) is 65.5 cm³/mol. The maximum absolute atomic E-state index is 10.5. The van der Waals surface area contributed by atoms with Gasteiger partial charge in [0, 0.05) is 19.6 Å². The molecule has 1 aromatic rings. The van der Waals surface area contributed by atoms with Crippen molar-refractivity contribution in [2.45, 2.75) is 12.5 Å². The van der Waals surface area contributed by atoms with E-state index < -0.39 is 5.97 Å². The molecule has 5 nitrogen and oxygen atoms in total. The number of nitrogens with zero attached hydrogens (tertiary/aromatic N) is 1. The fourth-order valence-corrected chi connectivity index (χ4v) is 2.09. The first-order chi connectivity index (χ1) is 8.65. The highest BCUT2D eigenvalue weighted by Gasteiger charge is 2.22. The van der Waals surface area contributed by atoms with Crippen molar-refractivity contribution in [2.24, 2.45) is 0 Å². The van der Waals surface area contributed by atoms with Gasteiger partial charge >= 0.3 is 5.97 Å². The maximum atomic E-state index is 10.5. The topological polar surface area (TPSA) is 70.0 Å². The van der Waals surface area contributed by atoms with Crippen molar-refractivity contribution in [3.8, 4) is 5.75 Å². The van der Waals surface area contributed by atoms with Gasteiger partial charge in [-0.15, -0.1) is 0 Å². The molecule has 0 aromatic heterocycles. The van der Waals surface area contributed by atoms with Gasteiger partial charge in [0.2, 0.25) is 0 Å². The summed E-state index contributed by atoms with van der Waals surface area (Å²) in [5.41, 5.74) is 0.926. The summed E-state index contributed by atoms with van der Waals surface area (Å²) in [6.45, 7) is 2.53. The Labute approximate surface area is 106 Å². The average molecular weight is 251 g/mol. The van der Waals surface area contributed by atoms with Crippen molar-refractivity contribution in [3.63, 3.8) is 0 Å². The number of phenols is 1. The molecule has 0 aliphatic carbocycles. The summed E-state index contributed by atoms with van der Waals surface area (Å²) < 4.78 is 5.66. The molecule has 5 heteroatoms. The summed E-state index contributed by atoms with van der Waals surface area (Å²) in [6.07, 6.45) is 0.0480. The molecule has 0 bridgehead atoms. The molecule has 98 valence electrons. The molecule has 0 amide bonds. The standard InChI is InChI=1S/C13H17NO4/c15-11-3-1-2-10(8-11)12-9-14(6-7-18-12)5-4-13(16)17/h1-3,8,12,15H,4-7,9H2,(H,16,17). The van der Waals surface area contributed by atoms with E-state index in [0.29, 0.717) is 19.7 Å². The number of rotatable bonds is 4. The third kappa shape index (κ3) is 3.45. The highest BCUT2D eigenvalue weighted by molar-refractivity contribution is 5.66. The smallest absolute Gasteiger partial charge is 0.304 e. The van der Waals surface area contributed by atoms with Crippen molar-refractivity contribution in [1.29, 1.82) is 0 Å². The Morgan fingerprint density at radius 1 is 1.50 bits per heavy atom. The van der Waals surface area contributed by atoms with Crippen molar-refractivity contribution in [2.75, 3.05) is 26.2 Å². The number of hydrogen-bond donors (Lipinski definition) is 2. The third-order valence-electron chi connectivity index (χ3n) is 3.03. The zero-order chi connectivity index (χ0) is 13.0. The predicted octanol–water partition coefficient (Wildman–Crippen LogP) is 1.24. The molecular weight excluding hydrogens is 234 g/mol. The number of hydrogen-bond acceptors (Lipinski definition) is 4. The van der Waals surface area contributed by atoms with Gasteiger partial charge in [-0.25, -0.2) is 0 Å². The van der Waals surface area contributed by atoms with E-state index in [2.05, 4.69) is 4.90 Å². The molecule has 1 unspecified atom stereocenters. The molecule has 0 radical (unpaired) electrons. The molecule has 18 heavy (non-hydrogen) atoms.